The van der Waals surface area contributed by atoms with Crippen LogP contribution >= 0.6 is 0 Å². The van der Waals surface area contributed by atoms with Crippen LogP contribution < -0.4 is 9.64 Å². The van der Waals surface area contributed by atoms with Crippen LogP contribution in [0.1, 0.15) is 33.6 Å². The number of carbonyl (C=O) groups excluding carboxylic acids is 1. The lowest BCUT2D eigenvalue weighted by molar-refractivity contribution is -0.139. The van der Waals surface area contributed by atoms with E-state index in [0.29, 0.717) is 34.4 Å². The molecule has 2 heterocycles. The standard InChI is InChI=1S/C28H33FN4O5/c1-28(2,3)38-27(36)33(15-18-9-11-32(4)12-10-18)26-22-13-20(19-5-7-21(29)8-6-19)14-23(37-16-24(34)35)25(22)30-17-31-26/h5-8,13-14,17-18H,9-12,15-16H2,1-4H3,(H,34,35). The fraction of sp³-hybridized carbons (Fsp3) is 0.429. The first kappa shape index (κ1) is 27.3. The second kappa shape index (κ2) is 11.3. The van der Waals surface area contributed by atoms with E-state index < -0.39 is 24.3 Å². The molecule has 1 N–H and O–H groups in total. The Labute approximate surface area is 221 Å². The van der Waals surface area contributed by atoms with E-state index in [-0.39, 0.29) is 17.5 Å². The predicted octanol–water partition coefficient (Wildman–Crippen LogP) is 4.98. The molecule has 0 atom stereocenters. The third kappa shape index (κ3) is 6.74. The molecule has 0 bridgehead atoms. The molecule has 1 amide bonds. The Hall–Kier alpha value is -3.79. The van der Waals surface area contributed by atoms with Gasteiger partial charge in [0, 0.05) is 11.9 Å². The molecule has 0 aliphatic carbocycles. The number of fused-ring (bicyclic) bond motifs is 1. The van der Waals surface area contributed by atoms with Gasteiger partial charge in [0.05, 0.1) is 0 Å². The number of ether oxygens (including phenoxy) is 2. The summed E-state index contributed by atoms with van der Waals surface area (Å²) in [6, 6.07) is 9.37. The van der Waals surface area contributed by atoms with Crippen LogP contribution in [0.3, 0.4) is 0 Å². The topological polar surface area (TPSA) is 105 Å². The van der Waals surface area contributed by atoms with Crippen molar-refractivity contribution in [2.75, 3.05) is 38.2 Å². The summed E-state index contributed by atoms with van der Waals surface area (Å²) in [5.41, 5.74) is 0.957. The van der Waals surface area contributed by atoms with E-state index in [1.54, 1.807) is 49.9 Å². The number of halogens is 1. The van der Waals surface area contributed by atoms with Crippen LogP contribution in [0.15, 0.2) is 42.7 Å². The molecule has 1 aliphatic rings. The van der Waals surface area contributed by atoms with E-state index >= 15 is 0 Å². The van der Waals surface area contributed by atoms with Gasteiger partial charge in [0.25, 0.3) is 0 Å². The molecule has 1 aromatic heterocycles. The summed E-state index contributed by atoms with van der Waals surface area (Å²) in [6.45, 7) is 7.11. The maximum atomic E-state index is 13.6. The molecule has 2 aromatic carbocycles. The van der Waals surface area contributed by atoms with E-state index in [1.165, 1.54) is 18.5 Å². The van der Waals surface area contributed by atoms with Crippen LogP contribution in [-0.4, -0.2) is 70.9 Å². The number of nitrogens with zero attached hydrogens (tertiary/aromatic N) is 4. The number of hydrogen-bond acceptors (Lipinski definition) is 7. The smallest absolute Gasteiger partial charge is 0.416 e. The zero-order chi connectivity index (χ0) is 27.4. The quantitative estimate of drug-likeness (QED) is 0.461. The van der Waals surface area contributed by atoms with Crippen molar-refractivity contribution in [2.24, 2.45) is 5.92 Å². The van der Waals surface area contributed by atoms with Crippen LogP contribution in [0.2, 0.25) is 0 Å². The first-order chi connectivity index (χ1) is 18.0. The Kier molecular flexibility index (Phi) is 8.11. The molecule has 3 aromatic rings. The molecule has 1 saturated heterocycles. The van der Waals surface area contributed by atoms with Gasteiger partial charge in [0.2, 0.25) is 0 Å². The van der Waals surface area contributed by atoms with Crippen molar-refractivity contribution in [3.8, 4) is 16.9 Å². The maximum Gasteiger partial charge on any atom is 0.416 e. The van der Waals surface area contributed by atoms with Crippen molar-refractivity contribution in [1.82, 2.24) is 14.9 Å². The molecule has 4 rings (SSSR count). The van der Waals surface area contributed by atoms with Gasteiger partial charge in [0.15, 0.2) is 6.61 Å². The van der Waals surface area contributed by atoms with Crippen LogP contribution in [0, 0.1) is 11.7 Å². The van der Waals surface area contributed by atoms with Gasteiger partial charge in [-0.25, -0.2) is 23.9 Å². The molecule has 0 saturated carbocycles. The molecule has 202 valence electrons. The fourth-order valence-electron chi connectivity index (χ4n) is 4.46. The van der Waals surface area contributed by atoms with Gasteiger partial charge in [-0.2, -0.15) is 0 Å². The molecule has 0 spiro atoms. The van der Waals surface area contributed by atoms with E-state index in [0.717, 1.165) is 25.9 Å². The van der Waals surface area contributed by atoms with E-state index in [2.05, 4.69) is 21.9 Å². The summed E-state index contributed by atoms with van der Waals surface area (Å²) in [4.78, 5) is 37.5. The first-order valence-corrected chi connectivity index (χ1v) is 12.6. The molecule has 1 aliphatic heterocycles. The summed E-state index contributed by atoms with van der Waals surface area (Å²) in [5.74, 6) is -0.720. The fourth-order valence-corrected chi connectivity index (χ4v) is 4.46. The van der Waals surface area contributed by atoms with Gasteiger partial charge in [0.1, 0.15) is 34.8 Å². The Morgan fingerprint density at radius 2 is 1.79 bits per heavy atom. The minimum Gasteiger partial charge on any atom is -0.480 e. The monoisotopic (exact) mass is 524 g/mol. The molecular weight excluding hydrogens is 491 g/mol. The molecule has 1 fully saturated rings. The van der Waals surface area contributed by atoms with Crippen molar-refractivity contribution >= 4 is 28.8 Å². The Bertz CT molecular complexity index is 1300. The molecule has 9 nitrogen and oxygen atoms in total. The lowest BCUT2D eigenvalue weighted by Crippen LogP contribution is -2.43. The summed E-state index contributed by atoms with van der Waals surface area (Å²) in [7, 11) is 2.08. The number of anilines is 1. The number of rotatable bonds is 7. The van der Waals surface area contributed by atoms with Crippen LogP contribution in [0.4, 0.5) is 15.0 Å². The molecule has 0 radical (unpaired) electrons. The predicted molar refractivity (Wildman–Crippen MR) is 142 cm³/mol. The highest BCUT2D eigenvalue weighted by Crippen LogP contribution is 2.36. The summed E-state index contributed by atoms with van der Waals surface area (Å²) >= 11 is 0. The number of hydrogen-bond donors (Lipinski definition) is 1. The van der Waals surface area contributed by atoms with Gasteiger partial charge < -0.3 is 19.5 Å². The summed E-state index contributed by atoms with van der Waals surface area (Å²) in [6.07, 6.45) is 2.64. The second-order valence-electron chi connectivity index (χ2n) is 10.6. The molecule has 38 heavy (non-hydrogen) atoms. The normalized spacial score (nSPS) is 14.9. The van der Waals surface area contributed by atoms with Crippen molar-refractivity contribution in [3.05, 3.63) is 48.5 Å². The second-order valence-corrected chi connectivity index (χ2v) is 10.6. The molecular formula is C28H33FN4O5. The van der Waals surface area contributed by atoms with E-state index in [4.69, 9.17) is 9.47 Å². The van der Waals surface area contributed by atoms with Gasteiger partial charge >= 0.3 is 12.1 Å². The van der Waals surface area contributed by atoms with Crippen molar-refractivity contribution in [3.63, 3.8) is 0 Å². The number of aliphatic carboxylic acids is 1. The number of piperidine rings is 1. The highest BCUT2D eigenvalue weighted by atomic mass is 19.1. The summed E-state index contributed by atoms with van der Waals surface area (Å²) < 4.78 is 25.0. The number of aromatic nitrogens is 2. The Morgan fingerprint density at radius 3 is 2.42 bits per heavy atom. The number of carboxylic acids is 1. The lowest BCUT2D eigenvalue weighted by Gasteiger charge is -2.34. The van der Waals surface area contributed by atoms with Crippen molar-refractivity contribution in [2.45, 2.75) is 39.2 Å². The number of likely N-dealkylation sites (tertiary alicyclic amines) is 1. The van der Waals surface area contributed by atoms with Crippen LogP contribution in [0.5, 0.6) is 5.75 Å². The van der Waals surface area contributed by atoms with Crippen molar-refractivity contribution in [1.29, 1.82) is 0 Å². The average molecular weight is 525 g/mol. The van der Waals surface area contributed by atoms with Gasteiger partial charge in [-0.05, 0) is 95.1 Å². The van der Waals surface area contributed by atoms with Crippen LogP contribution in [-0.2, 0) is 9.53 Å². The van der Waals surface area contributed by atoms with Crippen LogP contribution in [0.25, 0.3) is 22.0 Å². The highest BCUT2D eigenvalue weighted by Gasteiger charge is 2.30. The lowest BCUT2D eigenvalue weighted by atomic mass is 9.96. The number of carbonyl (C=O) groups is 2. The maximum absolute atomic E-state index is 13.6. The highest BCUT2D eigenvalue weighted by molar-refractivity contribution is 6.02. The number of benzene rings is 2. The Balaban J connectivity index is 1.85. The Morgan fingerprint density at radius 1 is 1.11 bits per heavy atom. The minimum atomic E-state index is -1.14. The van der Waals surface area contributed by atoms with E-state index in [9.17, 15) is 19.1 Å². The first-order valence-electron chi connectivity index (χ1n) is 12.6. The largest absolute Gasteiger partial charge is 0.480 e. The van der Waals surface area contributed by atoms with Crippen molar-refractivity contribution < 1.29 is 28.6 Å². The minimum absolute atomic E-state index is 0.219. The van der Waals surface area contributed by atoms with Gasteiger partial charge in [-0.1, -0.05) is 12.1 Å². The number of amides is 1. The van der Waals surface area contributed by atoms with Gasteiger partial charge in [-0.15, -0.1) is 0 Å². The third-order valence-corrected chi connectivity index (χ3v) is 6.36. The van der Waals surface area contributed by atoms with E-state index in [1.807, 2.05) is 0 Å². The average Bonchev–Trinajstić information content (AvgIpc) is 2.86. The van der Waals surface area contributed by atoms with Gasteiger partial charge in [-0.3, -0.25) is 4.90 Å². The zero-order valence-electron chi connectivity index (χ0n) is 22.1. The zero-order valence-corrected chi connectivity index (χ0v) is 22.1. The summed E-state index contributed by atoms with van der Waals surface area (Å²) in [5, 5.41) is 9.71. The molecule has 10 heteroatoms. The number of carboxylic acid groups (broad SMARTS) is 1. The SMILES string of the molecule is CN1CCC(CN(C(=O)OC(C)(C)C)c2ncnc3c(OCC(=O)O)cc(-c4ccc(F)cc4)cc23)CC1. The third-order valence-electron chi connectivity index (χ3n) is 6.36. The molecule has 0 unspecified atom stereocenters.